The average Bonchev–Trinajstić information content (AvgIpc) is 2.79. The van der Waals surface area contributed by atoms with E-state index in [0.717, 1.165) is 0 Å². The van der Waals surface area contributed by atoms with Gasteiger partial charge < -0.3 is 0 Å². The van der Waals surface area contributed by atoms with Crippen molar-refractivity contribution in [2.75, 3.05) is 0 Å². The Morgan fingerprint density at radius 3 is 2.82 bits per heavy atom. The van der Waals surface area contributed by atoms with E-state index in [-0.39, 0.29) is 0 Å². The van der Waals surface area contributed by atoms with E-state index >= 15 is 0 Å². The fraction of sp³-hybridized carbons (Fsp3) is 0.294. The monoisotopic (exact) mass is 222 g/mol. The smallest absolute Gasteiger partial charge is 0.00576 e. The van der Waals surface area contributed by atoms with Crippen molar-refractivity contribution >= 4 is 16.8 Å². The predicted octanol–water partition coefficient (Wildman–Crippen LogP) is 4.97. The maximum atomic E-state index is 2.42. The van der Waals surface area contributed by atoms with Crippen LogP contribution in [0.4, 0.5) is 0 Å². The van der Waals surface area contributed by atoms with Crippen molar-refractivity contribution in [3.8, 4) is 0 Å². The summed E-state index contributed by atoms with van der Waals surface area (Å²) in [6, 6.07) is 13.3. The van der Waals surface area contributed by atoms with Gasteiger partial charge in [0.1, 0.15) is 0 Å². The van der Waals surface area contributed by atoms with Crippen molar-refractivity contribution in [1.29, 1.82) is 0 Å². The predicted molar refractivity (Wildman–Crippen MR) is 75.2 cm³/mol. The summed E-state index contributed by atoms with van der Waals surface area (Å²) in [6.45, 7) is 2.26. The van der Waals surface area contributed by atoms with Gasteiger partial charge in [-0.2, -0.15) is 0 Å². The van der Waals surface area contributed by atoms with Crippen LogP contribution in [0.3, 0.4) is 0 Å². The molecule has 2 aromatic rings. The van der Waals surface area contributed by atoms with E-state index in [0.29, 0.717) is 0 Å². The second-order valence-corrected chi connectivity index (χ2v) is 4.94. The lowest BCUT2D eigenvalue weighted by Crippen LogP contribution is -1.86. The highest BCUT2D eigenvalue weighted by atomic mass is 14.2. The molecule has 0 heteroatoms. The number of hydrogen-bond acceptors (Lipinski definition) is 0. The number of hydrogen-bond donors (Lipinski definition) is 0. The Labute approximate surface area is 103 Å². The van der Waals surface area contributed by atoms with E-state index < -0.39 is 0 Å². The quantitative estimate of drug-likeness (QED) is 0.687. The Morgan fingerprint density at radius 2 is 1.94 bits per heavy atom. The zero-order valence-electron chi connectivity index (χ0n) is 10.4. The molecule has 0 saturated carbocycles. The summed E-state index contributed by atoms with van der Waals surface area (Å²) in [7, 11) is 0. The van der Waals surface area contributed by atoms with Gasteiger partial charge in [-0.05, 0) is 41.2 Å². The minimum absolute atomic E-state index is 1.17. The summed E-state index contributed by atoms with van der Waals surface area (Å²) >= 11 is 0. The topological polar surface area (TPSA) is 0 Å². The Balaban J connectivity index is 2.04. The van der Waals surface area contributed by atoms with Gasteiger partial charge in [-0.3, -0.25) is 0 Å². The summed E-state index contributed by atoms with van der Waals surface area (Å²) in [6.07, 6.45) is 7.46. The molecule has 1 aliphatic rings. The minimum atomic E-state index is 1.17. The van der Waals surface area contributed by atoms with E-state index in [1.807, 2.05) is 0 Å². The molecular formula is C17H18. The lowest BCUT2D eigenvalue weighted by molar-refractivity contribution is 0.779. The number of allylic oxidation sites excluding steroid dienone is 1. The first-order valence-corrected chi connectivity index (χ1v) is 6.58. The lowest BCUT2D eigenvalue weighted by Gasteiger charge is -2.03. The Bertz CT molecular complexity index is 576. The molecule has 1 aliphatic carbocycles. The molecule has 86 valence electrons. The van der Waals surface area contributed by atoms with Crippen LogP contribution in [0.25, 0.3) is 16.8 Å². The first-order valence-electron chi connectivity index (χ1n) is 6.58. The van der Waals surface area contributed by atoms with Crippen LogP contribution in [0, 0.1) is 0 Å². The van der Waals surface area contributed by atoms with E-state index in [1.54, 1.807) is 5.57 Å². The van der Waals surface area contributed by atoms with Crippen molar-refractivity contribution in [2.45, 2.75) is 32.6 Å². The molecule has 0 saturated heterocycles. The van der Waals surface area contributed by atoms with Gasteiger partial charge in [0.15, 0.2) is 0 Å². The summed E-state index contributed by atoms with van der Waals surface area (Å²) < 4.78 is 0. The van der Waals surface area contributed by atoms with E-state index in [1.165, 1.54) is 47.6 Å². The van der Waals surface area contributed by atoms with Crippen LogP contribution in [-0.2, 0) is 6.42 Å². The molecule has 0 atom stereocenters. The lowest BCUT2D eigenvalue weighted by atomic mass is 10.0. The number of fused-ring (bicyclic) bond motifs is 3. The number of unbranched alkanes of at least 4 members (excludes halogenated alkanes) is 1. The fourth-order valence-electron chi connectivity index (χ4n) is 2.73. The third-order valence-corrected chi connectivity index (χ3v) is 3.68. The molecule has 17 heavy (non-hydrogen) atoms. The summed E-state index contributed by atoms with van der Waals surface area (Å²) in [4.78, 5) is 0. The summed E-state index contributed by atoms with van der Waals surface area (Å²) in [5, 5.41) is 2.77. The van der Waals surface area contributed by atoms with E-state index in [9.17, 15) is 0 Å². The van der Waals surface area contributed by atoms with Crippen LogP contribution in [-0.4, -0.2) is 0 Å². The van der Waals surface area contributed by atoms with Gasteiger partial charge in [0.2, 0.25) is 0 Å². The van der Waals surface area contributed by atoms with Gasteiger partial charge in [0.05, 0.1) is 0 Å². The first-order chi connectivity index (χ1) is 8.38. The molecule has 0 spiro atoms. The average molecular weight is 222 g/mol. The zero-order chi connectivity index (χ0) is 11.7. The Kier molecular flexibility index (Phi) is 2.72. The highest BCUT2D eigenvalue weighted by Crippen LogP contribution is 2.33. The highest BCUT2D eigenvalue weighted by molar-refractivity contribution is 5.93. The molecular weight excluding hydrogens is 204 g/mol. The first kappa shape index (κ1) is 10.6. The van der Waals surface area contributed by atoms with Gasteiger partial charge in [-0.25, -0.2) is 0 Å². The van der Waals surface area contributed by atoms with Crippen molar-refractivity contribution in [2.24, 2.45) is 0 Å². The molecule has 0 aromatic heterocycles. The van der Waals surface area contributed by atoms with Crippen LogP contribution >= 0.6 is 0 Å². The van der Waals surface area contributed by atoms with Crippen LogP contribution in [0.2, 0.25) is 0 Å². The Hall–Kier alpha value is -1.56. The molecule has 0 N–H and O–H groups in total. The van der Waals surface area contributed by atoms with Gasteiger partial charge in [-0.1, -0.05) is 61.4 Å². The van der Waals surface area contributed by atoms with E-state index in [2.05, 4.69) is 49.4 Å². The maximum absolute atomic E-state index is 2.42. The molecule has 0 fully saturated rings. The van der Waals surface area contributed by atoms with Crippen LogP contribution in [0.15, 0.2) is 42.0 Å². The fourth-order valence-corrected chi connectivity index (χ4v) is 2.73. The molecule has 3 rings (SSSR count). The molecule has 0 radical (unpaired) electrons. The van der Waals surface area contributed by atoms with Gasteiger partial charge in [0, 0.05) is 0 Å². The van der Waals surface area contributed by atoms with Crippen molar-refractivity contribution < 1.29 is 0 Å². The molecule has 0 heterocycles. The standard InChI is InChI=1S/C17H18/c1-2-3-6-13-11-15-10-9-14-7-4-5-8-16(14)17(15)12-13/h4-5,7-10,12H,2-3,6,11H2,1H3. The summed E-state index contributed by atoms with van der Waals surface area (Å²) in [5.41, 5.74) is 4.59. The van der Waals surface area contributed by atoms with Gasteiger partial charge in [0.25, 0.3) is 0 Å². The van der Waals surface area contributed by atoms with Crippen molar-refractivity contribution in [3.05, 3.63) is 53.1 Å². The molecule has 0 aliphatic heterocycles. The molecule has 0 amide bonds. The van der Waals surface area contributed by atoms with Crippen molar-refractivity contribution in [3.63, 3.8) is 0 Å². The normalized spacial score (nSPS) is 13.8. The molecule has 0 bridgehead atoms. The number of benzene rings is 2. The zero-order valence-corrected chi connectivity index (χ0v) is 10.4. The molecule has 2 aromatic carbocycles. The molecule has 0 unspecified atom stereocenters. The number of rotatable bonds is 3. The van der Waals surface area contributed by atoms with E-state index in [4.69, 9.17) is 0 Å². The van der Waals surface area contributed by atoms with Crippen molar-refractivity contribution in [1.82, 2.24) is 0 Å². The van der Waals surface area contributed by atoms with Gasteiger partial charge in [-0.15, -0.1) is 0 Å². The van der Waals surface area contributed by atoms with Crippen LogP contribution in [0.5, 0.6) is 0 Å². The summed E-state index contributed by atoms with van der Waals surface area (Å²) in [5.74, 6) is 0. The maximum Gasteiger partial charge on any atom is -0.00576 e. The van der Waals surface area contributed by atoms with Gasteiger partial charge >= 0.3 is 0 Å². The second kappa shape index (κ2) is 4.37. The third-order valence-electron chi connectivity index (χ3n) is 3.68. The Morgan fingerprint density at radius 1 is 1.06 bits per heavy atom. The largest absolute Gasteiger partial charge is 0.0654 e. The second-order valence-electron chi connectivity index (χ2n) is 4.94. The highest BCUT2D eigenvalue weighted by Gasteiger charge is 2.14. The SMILES string of the molecule is CCCCC1=Cc2c(ccc3ccccc23)C1. The minimum Gasteiger partial charge on any atom is -0.0654 e. The van der Waals surface area contributed by atoms with Crippen LogP contribution in [0.1, 0.15) is 37.3 Å². The van der Waals surface area contributed by atoms with Crippen LogP contribution < -0.4 is 0 Å². The third kappa shape index (κ3) is 1.88. The molecule has 0 nitrogen and oxygen atoms in total.